The number of nitrogens with one attached hydrogen (secondary N) is 3. The Morgan fingerprint density at radius 3 is 2.32 bits per heavy atom. The van der Waals surface area contributed by atoms with Gasteiger partial charge in [-0.05, 0) is 57.9 Å². The molecule has 0 spiro atoms. The highest BCUT2D eigenvalue weighted by atomic mass is 32.1. The molecular formula is C27H33N5O4S. The molecule has 37 heavy (non-hydrogen) atoms. The zero-order valence-corrected chi connectivity index (χ0v) is 22.1. The first-order chi connectivity index (χ1) is 17.6. The van der Waals surface area contributed by atoms with E-state index in [2.05, 4.69) is 20.9 Å². The highest BCUT2D eigenvalue weighted by molar-refractivity contribution is 7.14. The van der Waals surface area contributed by atoms with E-state index in [1.807, 2.05) is 29.6 Å². The van der Waals surface area contributed by atoms with Crippen molar-refractivity contribution in [2.45, 2.75) is 58.5 Å². The molecule has 0 unspecified atom stereocenters. The Morgan fingerprint density at radius 1 is 0.919 bits per heavy atom. The van der Waals surface area contributed by atoms with Crippen LogP contribution in [0.15, 0.2) is 53.9 Å². The number of unbranched alkanes of at least 4 members (excludes halogenated alkanes) is 2. The van der Waals surface area contributed by atoms with E-state index in [1.54, 1.807) is 45.0 Å². The van der Waals surface area contributed by atoms with Crippen LogP contribution in [0.25, 0.3) is 11.3 Å². The van der Waals surface area contributed by atoms with Crippen LogP contribution in [-0.2, 0) is 14.3 Å². The molecule has 5 N–H and O–H groups in total. The number of thiazole rings is 1. The number of nitrogens with two attached hydrogens (primary N) is 1. The average molecular weight is 524 g/mol. The standard InChI is InChI=1S/C27H33N5O4S/c1-27(2,3)36-26(35)29-19-11-9-10-18(16-19)22-17-37-25(31-22)32-24(34)15-6-4-5-14-23(33)30-21-13-8-7-12-20(21)28/h7-13,16-17H,4-6,14-15,28H2,1-3H3,(H,29,35)(H,30,33)(H,31,32,34). The first-order valence-corrected chi connectivity index (χ1v) is 13.0. The van der Waals surface area contributed by atoms with Crippen molar-refractivity contribution < 1.29 is 19.1 Å². The fraction of sp³-hybridized carbons (Fsp3) is 0.333. The Balaban J connectivity index is 1.40. The third-order valence-corrected chi connectivity index (χ3v) is 5.85. The van der Waals surface area contributed by atoms with Crippen LogP contribution in [0.3, 0.4) is 0 Å². The number of ether oxygens (including phenoxy) is 1. The second-order valence-corrected chi connectivity index (χ2v) is 10.3. The molecule has 0 radical (unpaired) electrons. The maximum absolute atomic E-state index is 12.3. The fourth-order valence-electron chi connectivity index (χ4n) is 3.39. The third kappa shape index (κ3) is 9.57. The van der Waals surface area contributed by atoms with E-state index in [-0.39, 0.29) is 11.8 Å². The number of benzene rings is 2. The number of para-hydroxylation sites is 2. The Morgan fingerprint density at radius 2 is 1.62 bits per heavy atom. The molecule has 2 aromatic carbocycles. The van der Waals surface area contributed by atoms with Gasteiger partial charge in [-0.1, -0.05) is 30.7 Å². The first kappa shape index (κ1) is 27.7. The van der Waals surface area contributed by atoms with E-state index in [1.165, 1.54) is 11.3 Å². The maximum atomic E-state index is 12.3. The highest BCUT2D eigenvalue weighted by Crippen LogP contribution is 2.27. The molecule has 0 aliphatic heterocycles. The van der Waals surface area contributed by atoms with E-state index in [0.717, 1.165) is 12.0 Å². The smallest absolute Gasteiger partial charge is 0.412 e. The summed E-state index contributed by atoms with van der Waals surface area (Å²) in [5.41, 5.74) is 8.48. The number of rotatable bonds is 10. The van der Waals surface area contributed by atoms with Gasteiger partial charge in [-0.3, -0.25) is 14.9 Å². The van der Waals surface area contributed by atoms with Gasteiger partial charge in [0.2, 0.25) is 11.8 Å². The van der Waals surface area contributed by atoms with Crippen LogP contribution in [0, 0.1) is 0 Å². The van der Waals surface area contributed by atoms with Crippen LogP contribution in [0.2, 0.25) is 0 Å². The number of nitrogen functional groups attached to an aromatic ring is 1. The van der Waals surface area contributed by atoms with Crippen molar-refractivity contribution in [3.63, 3.8) is 0 Å². The summed E-state index contributed by atoms with van der Waals surface area (Å²) < 4.78 is 5.29. The second kappa shape index (κ2) is 12.9. The molecule has 3 aromatic rings. The van der Waals surface area contributed by atoms with Crippen LogP contribution in [0.5, 0.6) is 0 Å². The third-order valence-electron chi connectivity index (χ3n) is 5.10. The lowest BCUT2D eigenvalue weighted by molar-refractivity contribution is -0.116. The number of carbonyl (C=O) groups excluding carboxylic acids is 3. The summed E-state index contributed by atoms with van der Waals surface area (Å²) in [5, 5.41) is 10.7. The molecule has 0 fully saturated rings. The minimum atomic E-state index is -0.588. The molecule has 3 amide bonds. The molecule has 0 saturated carbocycles. The Labute approximate surface area is 220 Å². The van der Waals surface area contributed by atoms with Gasteiger partial charge in [-0.25, -0.2) is 9.78 Å². The van der Waals surface area contributed by atoms with E-state index >= 15 is 0 Å². The number of nitrogens with zero attached hydrogens (tertiary/aromatic N) is 1. The van der Waals surface area contributed by atoms with E-state index in [9.17, 15) is 14.4 Å². The molecule has 10 heteroatoms. The van der Waals surface area contributed by atoms with Gasteiger partial charge in [-0.2, -0.15) is 0 Å². The summed E-state index contributed by atoms with van der Waals surface area (Å²) in [5.74, 6) is -0.217. The lowest BCUT2D eigenvalue weighted by Crippen LogP contribution is -2.27. The van der Waals surface area contributed by atoms with Gasteiger partial charge in [0.1, 0.15) is 5.60 Å². The van der Waals surface area contributed by atoms with E-state index in [0.29, 0.717) is 53.6 Å². The minimum absolute atomic E-state index is 0.0944. The molecular weight excluding hydrogens is 490 g/mol. The van der Waals surface area contributed by atoms with Crippen molar-refractivity contribution in [2.24, 2.45) is 0 Å². The van der Waals surface area contributed by atoms with Gasteiger partial charge in [-0.15, -0.1) is 11.3 Å². The van der Waals surface area contributed by atoms with Crippen molar-refractivity contribution in [2.75, 3.05) is 21.7 Å². The van der Waals surface area contributed by atoms with Crippen molar-refractivity contribution >= 4 is 51.4 Å². The van der Waals surface area contributed by atoms with E-state index in [4.69, 9.17) is 10.5 Å². The molecule has 1 aromatic heterocycles. The van der Waals surface area contributed by atoms with Crippen LogP contribution in [-0.4, -0.2) is 28.5 Å². The Hall–Kier alpha value is -3.92. The summed E-state index contributed by atoms with van der Waals surface area (Å²) in [7, 11) is 0. The fourth-order valence-corrected chi connectivity index (χ4v) is 4.13. The van der Waals surface area contributed by atoms with Crippen molar-refractivity contribution in [1.82, 2.24) is 4.98 Å². The summed E-state index contributed by atoms with van der Waals surface area (Å²) in [6.45, 7) is 5.41. The topological polar surface area (TPSA) is 135 Å². The monoisotopic (exact) mass is 523 g/mol. The van der Waals surface area contributed by atoms with Crippen LogP contribution in [0.1, 0.15) is 52.9 Å². The largest absolute Gasteiger partial charge is 0.444 e. The molecule has 0 atom stereocenters. The molecule has 196 valence electrons. The maximum Gasteiger partial charge on any atom is 0.412 e. The van der Waals surface area contributed by atoms with Gasteiger partial charge in [0.05, 0.1) is 17.1 Å². The average Bonchev–Trinajstić information content (AvgIpc) is 3.27. The van der Waals surface area contributed by atoms with Crippen LogP contribution >= 0.6 is 11.3 Å². The second-order valence-electron chi connectivity index (χ2n) is 9.49. The predicted molar refractivity (Wildman–Crippen MR) is 149 cm³/mol. The van der Waals surface area contributed by atoms with Gasteiger partial charge >= 0.3 is 6.09 Å². The number of carbonyl (C=O) groups is 3. The molecule has 3 rings (SSSR count). The number of amides is 3. The normalized spacial score (nSPS) is 11.0. The van der Waals surface area contributed by atoms with Gasteiger partial charge in [0.25, 0.3) is 0 Å². The van der Waals surface area contributed by atoms with Crippen molar-refractivity contribution in [3.8, 4) is 11.3 Å². The minimum Gasteiger partial charge on any atom is -0.444 e. The number of hydrogen-bond donors (Lipinski definition) is 4. The summed E-state index contributed by atoms with van der Waals surface area (Å²) in [4.78, 5) is 40.9. The Kier molecular flexibility index (Phi) is 9.62. The van der Waals surface area contributed by atoms with Crippen LogP contribution in [0.4, 0.5) is 27.0 Å². The lowest BCUT2D eigenvalue weighted by Gasteiger charge is -2.19. The number of hydrogen-bond acceptors (Lipinski definition) is 7. The summed E-state index contributed by atoms with van der Waals surface area (Å²) >= 11 is 1.33. The molecule has 9 nitrogen and oxygen atoms in total. The Bertz CT molecular complexity index is 1240. The quantitative estimate of drug-likeness (QED) is 0.183. The first-order valence-electron chi connectivity index (χ1n) is 12.1. The van der Waals surface area contributed by atoms with Gasteiger partial charge < -0.3 is 21.1 Å². The molecule has 1 heterocycles. The number of aromatic nitrogens is 1. The molecule has 0 saturated heterocycles. The zero-order chi connectivity index (χ0) is 26.8. The zero-order valence-electron chi connectivity index (χ0n) is 21.3. The van der Waals surface area contributed by atoms with Crippen molar-refractivity contribution in [3.05, 3.63) is 53.9 Å². The SMILES string of the molecule is CC(C)(C)OC(=O)Nc1cccc(-c2csc(NC(=O)CCCCCC(=O)Nc3ccccc3N)n2)c1. The predicted octanol–water partition coefficient (Wildman–Crippen LogP) is 6.27. The van der Waals surface area contributed by atoms with Crippen molar-refractivity contribution in [1.29, 1.82) is 0 Å². The number of anilines is 4. The molecule has 0 aliphatic rings. The van der Waals surface area contributed by atoms with E-state index < -0.39 is 11.7 Å². The highest BCUT2D eigenvalue weighted by Gasteiger charge is 2.16. The summed E-state index contributed by atoms with van der Waals surface area (Å²) in [6, 6.07) is 14.4. The molecule has 0 bridgehead atoms. The van der Waals surface area contributed by atoms with Gasteiger partial charge in [0, 0.05) is 29.5 Å². The van der Waals surface area contributed by atoms with Gasteiger partial charge in [0.15, 0.2) is 5.13 Å². The lowest BCUT2D eigenvalue weighted by atomic mass is 10.1. The molecule has 0 aliphatic carbocycles. The van der Waals surface area contributed by atoms with Crippen LogP contribution < -0.4 is 21.7 Å². The summed E-state index contributed by atoms with van der Waals surface area (Å²) in [6.07, 6.45) is 2.29.